The first kappa shape index (κ1) is 9.28. The van der Waals surface area contributed by atoms with Crippen molar-refractivity contribution in [2.45, 2.75) is 0 Å². The van der Waals surface area contributed by atoms with Crippen molar-refractivity contribution in [3.8, 4) is 0 Å². The van der Waals surface area contributed by atoms with Crippen molar-refractivity contribution in [3.05, 3.63) is 21.9 Å². The Balaban J connectivity index is 2.91. The van der Waals surface area contributed by atoms with Gasteiger partial charge in [0.1, 0.15) is 0 Å². The van der Waals surface area contributed by atoms with E-state index in [9.17, 15) is 9.59 Å². The highest BCUT2D eigenvalue weighted by atomic mass is 32.1. The maximum Gasteiger partial charge on any atom is 0.258 e. The fourth-order valence-corrected chi connectivity index (χ4v) is 1.77. The number of hydrogen-bond acceptors (Lipinski definition) is 4. The number of primary amides is 1. The van der Waals surface area contributed by atoms with Crippen LogP contribution in [0.25, 0.3) is 0 Å². The number of amides is 1. The number of carbonyl (C=O) groups is 2. The van der Waals surface area contributed by atoms with Gasteiger partial charge in [0.25, 0.3) is 5.91 Å². The molecule has 1 aromatic heterocycles. The minimum Gasteiger partial charge on any atom is -0.365 e. The number of thiophene rings is 1. The molecule has 0 aromatic carbocycles. The quantitative estimate of drug-likeness (QED) is 0.565. The molecule has 0 aliphatic carbocycles. The summed E-state index contributed by atoms with van der Waals surface area (Å²) in [5.74, 6) is -0.437. The summed E-state index contributed by atoms with van der Waals surface area (Å²) < 4.78 is 0. The van der Waals surface area contributed by atoms with E-state index in [2.05, 4.69) is 12.6 Å². The Hall–Kier alpha value is -0.810. The Bertz CT molecular complexity index is 319. The molecule has 1 rings (SSSR count). The second-order valence-electron chi connectivity index (χ2n) is 2.11. The van der Waals surface area contributed by atoms with Crippen LogP contribution in [0.1, 0.15) is 19.3 Å². The van der Waals surface area contributed by atoms with Gasteiger partial charge in [-0.05, 0) is 12.1 Å². The van der Waals surface area contributed by atoms with Crippen molar-refractivity contribution in [2.75, 3.05) is 5.75 Å². The zero-order valence-corrected chi connectivity index (χ0v) is 7.82. The van der Waals surface area contributed by atoms with Crippen molar-refractivity contribution in [1.29, 1.82) is 0 Å². The zero-order chi connectivity index (χ0) is 9.14. The number of hydrogen-bond donors (Lipinski definition) is 2. The average molecular weight is 201 g/mol. The van der Waals surface area contributed by atoms with Crippen LogP contribution in [-0.2, 0) is 0 Å². The van der Waals surface area contributed by atoms with E-state index in [0.717, 1.165) is 11.3 Å². The molecule has 0 fully saturated rings. The Morgan fingerprint density at radius 2 is 2.00 bits per heavy atom. The molecule has 64 valence electrons. The molecule has 0 atom stereocenters. The third kappa shape index (κ3) is 1.86. The summed E-state index contributed by atoms with van der Waals surface area (Å²) in [4.78, 5) is 22.6. The first-order valence-corrected chi connectivity index (χ1v) is 4.63. The molecule has 3 nitrogen and oxygen atoms in total. The van der Waals surface area contributed by atoms with Gasteiger partial charge in [0.05, 0.1) is 15.5 Å². The van der Waals surface area contributed by atoms with Gasteiger partial charge in [-0.15, -0.1) is 11.3 Å². The summed E-state index contributed by atoms with van der Waals surface area (Å²) >= 11 is 4.93. The Kier molecular flexibility index (Phi) is 2.88. The van der Waals surface area contributed by atoms with Gasteiger partial charge in [-0.2, -0.15) is 12.6 Å². The second-order valence-corrected chi connectivity index (χ2v) is 3.51. The van der Waals surface area contributed by atoms with Crippen LogP contribution in [0.2, 0.25) is 0 Å². The lowest BCUT2D eigenvalue weighted by atomic mass is 10.3. The van der Waals surface area contributed by atoms with Crippen LogP contribution in [0.5, 0.6) is 0 Å². The lowest BCUT2D eigenvalue weighted by Gasteiger charge is -1.88. The number of rotatable bonds is 3. The van der Waals surface area contributed by atoms with E-state index in [1.807, 2.05) is 0 Å². The van der Waals surface area contributed by atoms with Crippen LogP contribution in [0, 0.1) is 0 Å². The summed E-state index contributed by atoms with van der Waals surface area (Å²) in [6.07, 6.45) is 0. The van der Waals surface area contributed by atoms with Crippen molar-refractivity contribution in [1.82, 2.24) is 0 Å². The molecule has 0 bridgehead atoms. The third-order valence-corrected chi connectivity index (χ3v) is 2.70. The van der Waals surface area contributed by atoms with Crippen LogP contribution >= 0.6 is 24.0 Å². The molecule has 0 aliphatic rings. The molecular formula is C7H7NO2S2. The lowest BCUT2D eigenvalue weighted by molar-refractivity contribution is 0.100. The summed E-state index contributed by atoms with van der Waals surface area (Å²) in [6, 6.07) is 3.13. The standard InChI is InChI=1S/C7H7NO2S2/c8-7(10)6-2-1-5(12-6)4(9)3-11/h1-2,11H,3H2,(H2,8,10). The van der Waals surface area contributed by atoms with Gasteiger partial charge < -0.3 is 5.73 Å². The van der Waals surface area contributed by atoms with E-state index in [0.29, 0.717) is 9.75 Å². The average Bonchev–Trinajstić information content (AvgIpc) is 2.51. The summed E-state index contributed by atoms with van der Waals surface area (Å²) in [5.41, 5.74) is 5.01. The minimum atomic E-state index is -0.502. The molecule has 5 heteroatoms. The van der Waals surface area contributed by atoms with Gasteiger partial charge >= 0.3 is 0 Å². The monoisotopic (exact) mass is 201 g/mol. The maximum atomic E-state index is 11.0. The predicted octanol–water partition coefficient (Wildman–Crippen LogP) is 0.960. The normalized spacial score (nSPS) is 9.75. The molecule has 0 saturated heterocycles. The predicted molar refractivity (Wildman–Crippen MR) is 51.0 cm³/mol. The van der Waals surface area contributed by atoms with Crippen LogP contribution in [-0.4, -0.2) is 17.4 Å². The number of nitrogens with two attached hydrogens (primary N) is 1. The summed E-state index contributed by atoms with van der Waals surface area (Å²) in [7, 11) is 0. The van der Waals surface area contributed by atoms with Gasteiger partial charge in [-0.1, -0.05) is 0 Å². The van der Waals surface area contributed by atoms with E-state index in [1.54, 1.807) is 12.1 Å². The fraction of sp³-hybridized carbons (Fsp3) is 0.143. The van der Waals surface area contributed by atoms with E-state index in [1.165, 1.54) is 0 Å². The highest BCUT2D eigenvalue weighted by Gasteiger charge is 2.09. The number of carbonyl (C=O) groups excluding carboxylic acids is 2. The third-order valence-electron chi connectivity index (χ3n) is 1.27. The first-order chi connectivity index (χ1) is 5.65. The minimum absolute atomic E-state index is 0.0872. The number of ketones is 1. The SMILES string of the molecule is NC(=O)c1ccc(C(=O)CS)s1. The van der Waals surface area contributed by atoms with E-state index in [-0.39, 0.29) is 11.5 Å². The molecule has 12 heavy (non-hydrogen) atoms. The lowest BCUT2D eigenvalue weighted by Crippen LogP contribution is -2.08. The molecule has 0 unspecified atom stereocenters. The Labute approximate surface area is 79.0 Å². The molecule has 0 spiro atoms. The van der Waals surface area contributed by atoms with Gasteiger partial charge in [-0.3, -0.25) is 9.59 Å². The van der Waals surface area contributed by atoms with Crippen LogP contribution < -0.4 is 5.73 Å². The van der Waals surface area contributed by atoms with Crippen molar-refractivity contribution < 1.29 is 9.59 Å². The topological polar surface area (TPSA) is 60.2 Å². The number of thiol groups is 1. The smallest absolute Gasteiger partial charge is 0.258 e. The van der Waals surface area contributed by atoms with Crippen molar-refractivity contribution in [3.63, 3.8) is 0 Å². The second kappa shape index (κ2) is 3.73. The van der Waals surface area contributed by atoms with E-state index < -0.39 is 5.91 Å². The molecule has 1 amide bonds. The Morgan fingerprint density at radius 1 is 1.42 bits per heavy atom. The van der Waals surface area contributed by atoms with Crippen LogP contribution in [0.15, 0.2) is 12.1 Å². The van der Waals surface area contributed by atoms with Crippen molar-refractivity contribution in [2.24, 2.45) is 5.73 Å². The van der Waals surface area contributed by atoms with Gasteiger partial charge in [-0.25, -0.2) is 0 Å². The highest BCUT2D eigenvalue weighted by molar-refractivity contribution is 7.81. The Morgan fingerprint density at radius 3 is 2.42 bits per heavy atom. The molecule has 0 radical (unpaired) electrons. The molecule has 1 heterocycles. The molecule has 0 saturated carbocycles. The largest absolute Gasteiger partial charge is 0.365 e. The van der Waals surface area contributed by atoms with Crippen molar-refractivity contribution >= 4 is 35.7 Å². The maximum absolute atomic E-state index is 11.0. The molecule has 0 aliphatic heterocycles. The van der Waals surface area contributed by atoms with Crippen LogP contribution in [0.3, 0.4) is 0 Å². The fourth-order valence-electron chi connectivity index (χ4n) is 0.698. The number of Topliss-reactive ketones (excluding diaryl/α,β-unsaturated/α-hetero) is 1. The van der Waals surface area contributed by atoms with E-state index in [4.69, 9.17) is 5.73 Å². The molecule has 1 aromatic rings. The van der Waals surface area contributed by atoms with E-state index >= 15 is 0 Å². The first-order valence-electron chi connectivity index (χ1n) is 3.19. The zero-order valence-electron chi connectivity index (χ0n) is 6.11. The van der Waals surface area contributed by atoms with Gasteiger partial charge in [0, 0.05) is 0 Å². The van der Waals surface area contributed by atoms with Gasteiger partial charge in [0.15, 0.2) is 5.78 Å². The van der Waals surface area contributed by atoms with Gasteiger partial charge in [0.2, 0.25) is 0 Å². The summed E-state index contributed by atoms with van der Waals surface area (Å²) in [6.45, 7) is 0. The molecular weight excluding hydrogens is 194 g/mol. The highest BCUT2D eigenvalue weighted by Crippen LogP contribution is 2.16. The summed E-state index contributed by atoms with van der Waals surface area (Å²) in [5, 5.41) is 0. The molecule has 2 N–H and O–H groups in total. The van der Waals surface area contributed by atoms with Crippen LogP contribution in [0.4, 0.5) is 0 Å².